The van der Waals surface area contributed by atoms with Crippen molar-refractivity contribution in [2.75, 3.05) is 0 Å². The van der Waals surface area contributed by atoms with Crippen LogP contribution in [-0.4, -0.2) is 20.4 Å². The van der Waals surface area contributed by atoms with E-state index in [4.69, 9.17) is 15.9 Å². The van der Waals surface area contributed by atoms with Crippen LogP contribution in [0, 0.1) is 17.9 Å². The Balaban J connectivity index is 1.71. The largest absolute Gasteiger partial charge is 0.321 e. The first-order chi connectivity index (χ1) is 14.6. The van der Waals surface area contributed by atoms with Crippen molar-refractivity contribution in [3.63, 3.8) is 0 Å². The summed E-state index contributed by atoms with van der Waals surface area (Å²) in [6, 6.07) is 16.7. The number of fused-ring (bicyclic) bond motifs is 2. The second-order valence-electron chi connectivity index (χ2n) is 8.12. The summed E-state index contributed by atoms with van der Waals surface area (Å²) in [5, 5.41) is 12.3. The fourth-order valence-corrected chi connectivity index (χ4v) is 4.59. The molecule has 2 aromatic carbocycles. The molecule has 2 heterocycles. The van der Waals surface area contributed by atoms with Crippen LogP contribution in [0.3, 0.4) is 0 Å². The third-order valence-corrected chi connectivity index (χ3v) is 6.10. The van der Waals surface area contributed by atoms with Gasteiger partial charge in [-0.15, -0.1) is 5.11 Å². The number of nitrogens with one attached hydrogen (secondary N) is 2. The quantitative estimate of drug-likeness (QED) is 0.237. The van der Waals surface area contributed by atoms with Crippen molar-refractivity contribution in [1.29, 1.82) is 10.9 Å². The van der Waals surface area contributed by atoms with Crippen molar-refractivity contribution in [1.82, 2.24) is 14.5 Å². The first kappa shape index (κ1) is 18.6. The molecule has 0 spiro atoms. The molecule has 1 saturated carbocycles. The normalized spacial score (nSPS) is 15.0. The lowest BCUT2D eigenvalue weighted by Crippen LogP contribution is -2.14. The highest BCUT2D eigenvalue weighted by Crippen LogP contribution is 2.36. The topological polar surface area (TPSA) is 90.8 Å². The molecule has 2 aromatic heterocycles. The van der Waals surface area contributed by atoms with Crippen molar-refractivity contribution in [3.05, 3.63) is 59.8 Å². The van der Waals surface area contributed by atoms with Crippen molar-refractivity contribution < 1.29 is 0 Å². The Labute approximate surface area is 175 Å². The maximum absolute atomic E-state index is 7.89. The number of nitrogens with zero attached hydrogens (tertiary/aromatic N) is 4. The highest BCUT2D eigenvalue weighted by Gasteiger charge is 2.23. The number of aromatic nitrogens is 3. The molecule has 1 aliphatic rings. The minimum atomic E-state index is -0.0437. The van der Waals surface area contributed by atoms with E-state index < -0.39 is 0 Å². The number of rotatable bonds is 3. The van der Waals surface area contributed by atoms with E-state index in [0.29, 0.717) is 11.6 Å². The van der Waals surface area contributed by atoms with Gasteiger partial charge < -0.3 is 4.57 Å². The highest BCUT2D eigenvalue weighted by molar-refractivity contribution is 5.99. The number of aryl methyl sites for hydroxylation is 1. The standard InChI is InChI=1S/C24H24N6/c1-15-7-8-16-13-18(9-11-20(16)27-15)24-28-21-14-17(23(25)29-26)10-12-22(21)30(24)19-5-3-2-4-6-19/h7-14,19,25-26H,2-6H2,1H3. The third-order valence-electron chi connectivity index (χ3n) is 6.10. The Kier molecular flexibility index (Phi) is 4.62. The fraction of sp³-hybridized carbons (Fsp3) is 0.292. The Morgan fingerprint density at radius 3 is 2.60 bits per heavy atom. The van der Waals surface area contributed by atoms with E-state index in [1.807, 2.05) is 31.2 Å². The zero-order valence-electron chi connectivity index (χ0n) is 17.0. The summed E-state index contributed by atoms with van der Waals surface area (Å²) in [6.07, 6.45) is 6.10. The maximum atomic E-state index is 7.89. The molecule has 150 valence electrons. The van der Waals surface area contributed by atoms with Crippen LogP contribution in [0.5, 0.6) is 0 Å². The van der Waals surface area contributed by atoms with Crippen LogP contribution in [0.25, 0.3) is 33.3 Å². The van der Waals surface area contributed by atoms with Crippen LogP contribution >= 0.6 is 0 Å². The van der Waals surface area contributed by atoms with E-state index in [0.717, 1.165) is 51.9 Å². The molecule has 0 aliphatic heterocycles. The summed E-state index contributed by atoms with van der Waals surface area (Å²) in [7, 11) is 0. The molecule has 2 N–H and O–H groups in total. The third kappa shape index (κ3) is 3.18. The summed E-state index contributed by atoms with van der Waals surface area (Å²) < 4.78 is 2.39. The molecule has 1 fully saturated rings. The maximum Gasteiger partial charge on any atom is 0.173 e. The van der Waals surface area contributed by atoms with Crippen molar-refractivity contribution in [2.45, 2.75) is 45.1 Å². The van der Waals surface area contributed by atoms with Crippen LogP contribution in [-0.2, 0) is 0 Å². The van der Waals surface area contributed by atoms with E-state index in [1.165, 1.54) is 19.3 Å². The monoisotopic (exact) mass is 396 g/mol. The Morgan fingerprint density at radius 2 is 1.80 bits per heavy atom. The summed E-state index contributed by atoms with van der Waals surface area (Å²) in [6.45, 7) is 2.01. The van der Waals surface area contributed by atoms with E-state index >= 15 is 0 Å². The lowest BCUT2D eigenvalue weighted by atomic mass is 9.94. The first-order valence-electron chi connectivity index (χ1n) is 10.5. The first-order valence-corrected chi connectivity index (χ1v) is 10.5. The van der Waals surface area contributed by atoms with Gasteiger partial charge in [-0.1, -0.05) is 25.3 Å². The molecule has 0 radical (unpaired) electrons. The summed E-state index contributed by atoms with van der Waals surface area (Å²) in [5.41, 5.74) is 12.8. The van der Waals surface area contributed by atoms with Gasteiger partial charge in [0.25, 0.3) is 0 Å². The van der Waals surface area contributed by atoms with E-state index in [9.17, 15) is 0 Å². The second-order valence-corrected chi connectivity index (χ2v) is 8.12. The molecule has 5 rings (SSSR count). The van der Waals surface area contributed by atoms with Gasteiger partial charge in [-0.3, -0.25) is 10.4 Å². The average Bonchev–Trinajstić information content (AvgIpc) is 3.17. The van der Waals surface area contributed by atoms with Gasteiger partial charge in [-0.05, 0) is 62.2 Å². The van der Waals surface area contributed by atoms with Crippen molar-refractivity contribution in [2.24, 2.45) is 5.11 Å². The molecule has 0 unspecified atom stereocenters. The molecule has 0 amide bonds. The number of hydrogen-bond donors (Lipinski definition) is 2. The highest BCUT2D eigenvalue weighted by atomic mass is 15.1. The second kappa shape index (κ2) is 7.44. The lowest BCUT2D eigenvalue weighted by Gasteiger charge is -2.25. The number of amidine groups is 1. The molecule has 6 heteroatoms. The molecule has 6 nitrogen and oxygen atoms in total. The Bertz CT molecular complexity index is 1280. The molecular formula is C24H24N6. The Hall–Kier alpha value is -3.41. The van der Waals surface area contributed by atoms with E-state index in [-0.39, 0.29) is 5.84 Å². The zero-order chi connectivity index (χ0) is 20.7. The smallest absolute Gasteiger partial charge is 0.173 e. The van der Waals surface area contributed by atoms with Crippen LogP contribution < -0.4 is 0 Å². The van der Waals surface area contributed by atoms with Gasteiger partial charge in [-0.25, -0.2) is 10.5 Å². The van der Waals surface area contributed by atoms with Crippen LogP contribution in [0.4, 0.5) is 0 Å². The minimum Gasteiger partial charge on any atom is -0.321 e. The predicted molar refractivity (Wildman–Crippen MR) is 119 cm³/mol. The molecule has 0 saturated heterocycles. The van der Waals surface area contributed by atoms with Gasteiger partial charge in [0.15, 0.2) is 5.84 Å². The minimum absolute atomic E-state index is 0.0437. The molecule has 30 heavy (non-hydrogen) atoms. The summed E-state index contributed by atoms with van der Waals surface area (Å²) in [5.74, 6) is 0.920. The van der Waals surface area contributed by atoms with Gasteiger partial charge in [0, 0.05) is 28.2 Å². The summed E-state index contributed by atoms with van der Waals surface area (Å²) in [4.78, 5) is 9.63. The Morgan fingerprint density at radius 1 is 0.967 bits per heavy atom. The molecule has 1 aliphatic carbocycles. The van der Waals surface area contributed by atoms with Gasteiger partial charge in [0.05, 0.1) is 16.6 Å². The number of hydrogen-bond acceptors (Lipinski definition) is 4. The number of benzene rings is 2. The van der Waals surface area contributed by atoms with E-state index in [2.05, 4.69) is 38.9 Å². The van der Waals surface area contributed by atoms with Gasteiger partial charge in [-0.2, -0.15) is 0 Å². The van der Waals surface area contributed by atoms with Crippen molar-refractivity contribution >= 4 is 27.8 Å². The SMILES string of the molecule is Cc1ccc2cc(-c3nc4cc(C(=N)N=N)ccc4n3C3CCCCC3)ccc2n1. The van der Waals surface area contributed by atoms with Gasteiger partial charge in [0.1, 0.15) is 5.82 Å². The molecule has 4 aromatic rings. The van der Waals surface area contributed by atoms with Crippen LogP contribution in [0.15, 0.2) is 53.6 Å². The zero-order valence-corrected chi connectivity index (χ0v) is 17.0. The van der Waals surface area contributed by atoms with Crippen molar-refractivity contribution in [3.8, 4) is 11.4 Å². The lowest BCUT2D eigenvalue weighted by molar-refractivity contribution is 0.362. The average molecular weight is 396 g/mol. The van der Waals surface area contributed by atoms with E-state index in [1.54, 1.807) is 0 Å². The summed E-state index contributed by atoms with van der Waals surface area (Å²) >= 11 is 0. The van der Waals surface area contributed by atoms with Gasteiger partial charge in [0.2, 0.25) is 0 Å². The molecule has 0 bridgehead atoms. The number of pyridine rings is 1. The fourth-order valence-electron chi connectivity index (χ4n) is 4.59. The molecular weight excluding hydrogens is 372 g/mol. The van der Waals surface area contributed by atoms with Crippen LogP contribution in [0.1, 0.15) is 49.4 Å². The van der Waals surface area contributed by atoms with Gasteiger partial charge >= 0.3 is 0 Å². The number of imidazole rings is 1. The predicted octanol–water partition coefficient (Wildman–Crippen LogP) is 6.42. The molecule has 0 atom stereocenters. The van der Waals surface area contributed by atoms with Crippen LogP contribution in [0.2, 0.25) is 0 Å².